The van der Waals surface area contributed by atoms with Gasteiger partial charge >= 0.3 is 0 Å². The van der Waals surface area contributed by atoms with Gasteiger partial charge in [0.15, 0.2) is 0 Å². The molecule has 2 aromatic carbocycles. The Morgan fingerprint density at radius 3 is 1.87 bits per heavy atom. The number of benzene rings is 2. The molecule has 0 atom stereocenters. The van der Waals surface area contributed by atoms with Gasteiger partial charge in [0.1, 0.15) is 0 Å². The highest BCUT2D eigenvalue weighted by Gasteiger charge is 2.10. The first kappa shape index (κ1) is 15.1. The number of piperidine rings is 1. The minimum atomic E-state index is -0.430. The van der Waals surface area contributed by atoms with Crippen LogP contribution in [0.3, 0.4) is 0 Å². The summed E-state index contributed by atoms with van der Waals surface area (Å²) in [7, 11) is 0. The summed E-state index contributed by atoms with van der Waals surface area (Å²) in [5.74, 6) is 0. The largest absolute Gasteiger partial charge is 0.372 e. The normalized spacial score (nSPS) is 15.0. The fourth-order valence-electron chi connectivity index (χ4n) is 2.64. The quantitative estimate of drug-likeness (QED) is 0.453. The molecule has 0 aliphatic carbocycles. The van der Waals surface area contributed by atoms with Crippen LogP contribution in [0.15, 0.2) is 58.8 Å². The molecule has 0 bridgehead atoms. The number of hydrogen-bond donors (Lipinski definition) is 0. The van der Waals surface area contributed by atoms with Crippen LogP contribution in [0.4, 0.5) is 22.7 Å². The number of non-ortho nitro benzene ring substituents is 1. The van der Waals surface area contributed by atoms with Crippen LogP contribution in [0.2, 0.25) is 0 Å². The molecule has 1 aliphatic rings. The first-order valence-corrected chi connectivity index (χ1v) is 7.73. The SMILES string of the molecule is O=[N+]([O-])c1ccc(N=Nc2ccc(N3CCCCC3)cc2)cc1. The van der Waals surface area contributed by atoms with E-state index in [4.69, 9.17) is 0 Å². The van der Waals surface area contributed by atoms with Crippen molar-refractivity contribution >= 4 is 22.7 Å². The summed E-state index contributed by atoms with van der Waals surface area (Å²) in [5, 5.41) is 18.9. The second kappa shape index (κ2) is 7.00. The molecule has 118 valence electrons. The predicted octanol–water partition coefficient (Wildman–Crippen LogP) is 5.00. The van der Waals surface area contributed by atoms with Crippen molar-refractivity contribution in [1.29, 1.82) is 0 Å². The third-order valence-corrected chi connectivity index (χ3v) is 3.91. The maximum absolute atomic E-state index is 10.6. The molecule has 3 rings (SSSR count). The van der Waals surface area contributed by atoms with Crippen LogP contribution in [-0.4, -0.2) is 18.0 Å². The fourth-order valence-corrected chi connectivity index (χ4v) is 2.64. The monoisotopic (exact) mass is 310 g/mol. The average molecular weight is 310 g/mol. The lowest BCUT2D eigenvalue weighted by Crippen LogP contribution is -2.29. The molecule has 0 aromatic heterocycles. The molecule has 1 saturated heterocycles. The first-order chi connectivity index (χ1) is 11.2. The van der Waals surface area contributed by atoms with Gasteiger partial charge in [0.25, 0.3) is 5.69 Å². The van der Waals surface area contributed by atoms with Gasteiger partial charge in [-0.15, -0.1) is 0 Å². The van der Waals surface area contributed by atoms with Gasteiger partial charge in [-0.05, 0) is 55.7 Å². The number of nitrogens with zero attached hydrogens (tertiary/aromatic N) is 4. The van der Waals surface area contributed by atoms with Crippen molar-refractivity contribution in [2.45, 2.75) is 19.3 Å². The molecule has 0 amide bonds. The van der Waals surface area contributed by atoms with E-state index >= 15 is 0 Å². The summed E-state index contributed by atoms with van der Waals surface area (Å²) >= 11 is 0. The van der Waals surface area contributed by atoms with Crippen molar-refractivity contribution in [1.82, 2.24) is 0 Å². The Labute approximate surface area is 134 Å². The Morgan fingerprint density at radius 1 is 0.826 bits per heavy atom. The molecule has 1 aliphatic heterocycles. The lowest BCUT2D eigenvalue weighted by molar-refractivity contribution is -0.384. The number of nitro groups is 1. The zero-order chi connectivity index (χ0) is 16.1. The van der Waals surface area contributed by atoms with E-state index < -0.39 is 4.92 Å². The molecular weight excluding hydrogens is 292 g/mol. The van der Waals surface area contributed by atoms with Gasteiger partial charge in [-0.1, -0.05) is 0 Å². The van der Waals surface area contributed by atoms with Crippen LogP contribution in [0.1, 0.15) is 19.3 Å². The molecule has 2 aromatic rings. The van der Waals surface area contributed by atoms with Crippen LogP contribution in [0, 0.1) is 10.1 Å². The summed E-state index contributed by atoms with van der Waals surface area (Å²) < 4.78 is 0. The molecule has 6 heteroatoms. The zero-order valence-electron chi connectivity index (χ0n) is 12.8. The lowest BCUT2D eigenvalue weighted by atomic mass is 10.1. The lowest BCUT2D eigenvalue weighted by Gasteiger charge is -2.28. The van der Waals surface area contributed by atoms with Crippen LogP contribution in [0.5, 0.6) is 0 Å². The van der Waals surface area contributed by atoms with E-state index in [0.29, 0.717) is 5.69 Å². The molecule has 6 nitrogen and oxygen atoms in total. The van der Waals surface area contributed by atoms with E-state index in [1.54, 1.807) is 12.1 Å². The van der Waals surface area contributed by atoms with E-state index in [0.717, 1.165) is 18.8 Å². The van der Waals surface area contributed by atoms with Gasteiger partial charge < -0.3 is 4.90 Å². The Kier molecular flexibility index (Phi) is 4.61. The van der Waals surface area contributed by atoms with Crippen molar-refractivity contribution in [2.75, 3.05) is 18.0 Å². The van der Waals surface area contributed by atoms with E-state index in [1.165, 1.54) is 37.1 Å². The van der Waals surface area contributed by atoms with Crippen LogP contribution >= 0.6 is 0 Å². The maximum atomic E-state index is 10.6. The topological polar surface area (TPSA) is 71.1 Å². The van der Waals surface area contributed by atoms with Crippen LogP contribution in [0.25, 0.3) is 0 Å². The van der Waals surface area contributed by atoms with E-state index in [2.05, 4.69) is 27.3 Å². The number of rotatable bonds is 4. The second-order valence-corrected chi connectivity index (χ2v) is 5.54. The predicted molar refractivity (Wildman–Crippen MR) is 89.8 cm³/mol. The number of anilines is 1. The van der Waals surface area contributed by atoms with Crippen molar-refractivity contribution in [3.63, 3.8) is 0 Å². The Hall–Kier alpha value is -2.76. The van der Waals surface area contributed by atoms with Crippen molar-refractivity contribution < 1.29 is 4.92 Å². The summed E-state index contributed by atoms with van der Waals surface area (Å²) in [6.07, 6.45) is 3.82. The smallest absolute Gasteiger partial charge is 0.269 e. The molecule has 0 spiro atoms. The summed E-state index contributed by atoms with van der Waals surface area (Å²) in [6.45, 7) is 2.23. The Balaban J connectivity index is 1.66. The Morgan fingerprint density at radius 2 is 1.35 bits per heavy atom. The van der Waals surface area contributed by atoms with Crippen LogP contribution in [-0.2, 0) is 0 Å². The van der Waals surface area contributed by atoms with Crippen LogP contribution < -0.4 is 4.90 Å². The Bertz CT molecular complexity index is 690. The van der Waals surface area contributed by atoms with E-state index in [9.17, 15) is 10.1 Å². The maximum Gasteiger partial charge on any atom is 0.269 e. The second-order valence-electron chi connectivity index (χ2n) is 5.54. The first-order valence-electron chi connectivity index (χ1n) is 7.73. The van der Waals surface area contributed by atoms with Crippen molar-refractivity contribution in [3.05, 3.63) is 58.6 Å². The minimum absolute atomic E-state index is 0.0508. The highest BCUT2D eigenvalue weighted by molar-refractivity contribution is 5.53. The molecule has 1 heterocycles. The average Bonchev–Trinajstić information content (AvgIpc) is 2.61. The minimum Gasteiger partial charge on any atom is -0.372 e. The third-order valence-electron chi connectivity index (χ3n) is 3.91. The van der Waals surface area contributed by atoms with Gasteiger partial charge in [0.05, 0.1) is 16.3 Å². The fraction of sp³-hybridized carbons (Fsp3) is 0.294. The van der Waals surface area contributed by atoms with Gasteiger partial charge in [-0.3, -0.25) is 10.1 Å². The highest BCUT2D eigenvalue weighted by atomic mass is 16.6. The molecule has 23 heavy (non-hydrogen) atoms. The molecule has 0 saturated carbocycles. The number of azo groups is 1. The summed E-state index contributed by atoms with van der Waals surface area (Å²) in [5.41, 5.74) is 2.63. The third kappa shape index (κ3) is 3.91. The molecule has 0 N–H and O–H groups in total. The van der Waals surface area contributed by atoms with Crippen molar-refractivity contribution in [3.8, 4) is 0 Å². The number of hydrogen-bond acceptors (Lipinski definition) is 5. The van der Waals surface area contributed by atoms with E-state index in [1.807, 2.05) is 12.1 Å². The number of nitro benzene ring substituents is 1. The molecule has 0 radical (unpaired) electrons. The van der Waals surface area contributed by atoms with Gasteiger partial charge in [0.2, 0.25) is 0 Å². The van der Waals surface area contributed by atoms with Gasteiger partial charge in [0, 0.05) is 30.9 Å². The summed E-state index contributed by atoms with van der Waals surface area (Å²) in [4.78, 5) is 12.6. The van der Waals surface area contributed by atoms with E-state index in [-0.39, 0.29) is 5.69 Å². The molecule has 1 fully saturated rings. The summed E-state index contributed by atoms with van der Waals surface area (Å²) in [6, 6.07) is 14.0. The van der Waals surface area contributed by atoms with Crippen molar-refractivity contribution in [2.24, 2.45) is 10.2 Å². The van der Waals surface area contributed by atoms with Gasteiger partial charge in [-0.2, -0.15) is 10.2 Å². The molecule has 0 unspecified atom stereocenters. The standard InChI is InChI=1S/C17H18N4O2/c22-21(23)17-10-6-15(7-11-17)19-18-14-4-8-16(9-5-14)20-12-2-1-3-13-20/h4-11H,1-3,12-13H2. The zero-order valence-corrected chi connectivity index (χ0v) is 12.8. The molecular formula is C17H18N4O2. The highest BCUT2D eigenvalue weighted by Crippen LogP contribution is 2.25. The van der Waals surface area contributed by atoms with Gasteiger partial charge in [-0.25, -0.2) is 0 Å².